The molecule has 10 heteroatoms. The Hall–Kier alpha value is -2.69. The number of ether oxygens (including phenoxy) is 2. The second kappa shape index (κ2) is 11.3. The summed E-state index contributed by atoms with van der Waals surface area (Å²) in [4.78, 5) is 15.1. The second-order valence-electron chi connectivity index (χ2n) is 6.59. The van der Waals surface area contributed by atoms with E-state index in [9.17, 15) is 13.2 Å². The van der Waals surface area contributed by atoms with Crippen molar-refractivity contribution in [2.45, 2.75) is 20.4 Å². The van der Waals surface area contributed by atoms with Crippen molar-refractivity contribution in [3.05, 3.63) is 47.7 Å². The summed E-state index contributed by atoms with van der Waals surface area (Å²) >= 11 is 0. The Morgan fingerprint density at radius 2 is 1.90 bits per heavy atom. The molecule has 0 saturated carbocycles. The predicted molar refractivity (Wildman–Crippen MR) is 110 cm³/mol. The first-order valence-electron chi connectivity index (χ1n) is 8.73. The third kappa shape index (κ3) is 10.4. The number of benzene rings is 1. The van der Waals surface area contributed by atoms with Crippen LogP contribution in [-0.2, 0) is 16.7 Å². The minimum atomic E-state index is -3.67. The fraction of sp³-hybridized carbons (Fsp3) is 0.368. The molecule has 0 aliphatic heterocycles. The number of carbonyl (C=O) groups is 1. The molecule has 1 amide bonds. The molecule has 0 bridgehead atoms. The van der Waals surface area contributed by atoms with Gasteiger partial charge in [0.05, 0.1) is 18.9 Å². The Bertz CT molecular complexity index is 891. The van der Waals surface area contributed by atoms with Gasteiger partial charge in [-0.05, 0) is 36.2 Å². The zero-order valence-electron chi connectivity index (χ0n) is 16.9. The largest absolute Gasteiger partial charge is 0.493 e. The lowest BCUT2D eigenvalue weighted by Crippen LogP contribution is -2.18. The monoisotopic (exact) mass is 425 g/mol. The number of rotatable bonds is 8. The minimum Gasteiger partial charge on any atom is -0.493 e. The Labute approximate surface area is 171 Å². The van der Waals surface area contributed by atoms with E-state index in [2.05, 4.69) is 24.1 Å². The quantitative estimate of drug-likeness (QED) is 0.547. The summed E-state index contributed by atoms with van der Waals surface area (Å²) in [7, 11) is -2.07. The molecule has 1 aromatic heterocycles. The Morgan fingerprint density at radius 3 is 2.38 bits per heavy atom. The maximum Gasteiger partial charge on any atom is 0.261 e. The van der Waals surface area contributed by atoms with Crippen molar-refractivity contribution in [3.8, 4) is 17.4 Å². The summed E-state index contributed by atoms with van der Waals surface area (Å²) in [5.74, 6) is 1.63. The fourth-order valence-electron chi connectivity index (χ4n) is 2.11. The van der Waals surface area contributed by atoms with E-state index in [4.69, 9.17) is 19.8 Å². The molecule has 1 heterocycles. The zero-order chi connectivity index (χ0) is 22.0. The summed E-state index contributed by atoms with van der Waals surface area (Å²) in [6.07, 6.45) is 2.10. The Kier molecular flexibility index (Phi) is 9.53. The molecule has 0 radical (unpaired) electrons. The van der Waals surface area contributed by atoms with E-state index in [0.29, 0.717) is 35.1 Å². The van der Waals surface area contributed by atoms with Gasteiger partial charge < -0.3 is 20.5 Å². The van der Waals surface area contributed by atoms with Gasteiger partial charge in [0.1, 0.15) is 0 Å². The number of hydrogen-bond donors (Lipinski definition) is 3. The number of amides is 1. The number of carbonyl (C=O) groups excluding carboxylic acids is 1. The highest BCUT2D eigenvalue weighted by Gasteiger charge is 2.09. The molecular formula is C19H27N3O6S. The van der Waals surface area contributed by atoms with Crippen LogP contribution < -0.4 is 20.5 Å². The highest BCUT2D eigenvalue weighted by atomic mass is 32.2. The molecule has 0 spiro atoms. The first-order chi connectivity index (χ1) is 13.5. The molecule has 2 aromatic rings. The summed E-state index contributed by atoms with van der Waals surface area (Å²) in [6.45, 7) is 6.05. The van der Waals surface area contributed by atoms with Crippen molar-refractivity contribution in [1.82, 2.24) is 10.3 Å². The summed E-state index contributed by atoms with van der Waals surface area (Å²) < 4.78 is 37.0. The zero-order valence-corrected chi connectivity index (χ0v) is 17.7. The normalized spacial score (nSPS) is 10.8. The van der Waals surface area contributed by atoms with E-state index < -0.39 is 16.0 Å². The van der Waals surface area contributed by atoms with E-state index in [1.807, 2.05) is 18.2 Å². The molecule has 160 valence electrons. The summed E-state index contributed by atoms with van der Waals surface area (Å²) in [5, 5.41) is 3.39. The highest BCUT2D eigenvalue weighted by molar-refractivity contribution is 7.85. The van der Waals surface area contributed by atoms with Gasteiger partial charge in [-0.15, -0.1) is 0 Å². The Morgan fingerprint density at radius 1 is 1.24 bits per heavy atom. The average Bonchev–Trinajstić information content (AvgIpc) is 2.61. The molecule has 9 nitrogen and oxygen atoms in total. The minimum absolute atomic E-state index is 0.334. The maximum atomic E-state index is 11.1. The SMILES string of the molecule is COc1cc(CNCC(C)C)ccc1Oc1ccc(C(N)=O)cn1.CS(=O)(=O)O. The lowest BCUT2D eigenvalue weighted by atomic mass is 10.2. The molecule has 0 aliphatic rings. The summed E-state index contributed by atoms with van der Waals surface area (Å²) in [5.41, 5.74) is 6.63. The number of nitrogens with one attached hydrogen (secondary N) is 1. The van der Waals surface area contributed by atoms with Gasteiger partial charge in [-0.25, -0.2) is 4.98 Å². The van der Waals surface area contributed by atoms with Crippen molar-refractivity contribution in [2.75, 3.05) is 19.9 Å². The standard InChI is InChI=1S/C18H23N3O3.CH4O3S/c1-12(2)9-20-10-13-4-6-15(16(8-13)23-3)24-17-7-5-14(11-21-17)18(19)22;1-5(2,3)4/h4-8,11-12,20H,9-10H2,1-3H3,(H2,19,22);1H3,(H,2,3,4). The maximum absolute atomic E-state index is 11.1. The fourth-order valence-corrected chi connectivity index (χ4v) is 2.11. The number of nitrogens with two attached hydrogens (primary N) is 1. The van der Waals surface area contributed by atoms with Crippen molar-refractivity contribution in [2.24, 2.45) is 11.7 Å². The van der Waals surface area contributed by atoms with E-state index in [1.54, 1.807) is 19.2 Å². The van der Waals surface area contributed by atoms with Gasteiger partial charge in [-0.2, -0.15) is 8.42 Å². The molecule has 0 atom stereocenters. The van der Waals surface area contributed by atoms with Gasteiger partial charge in [0, 0.05) is 18.8 Å². The van der Waals surface area contributed by atoms with Crippen LogP contribution in [0.3, 0.4) is 0 Å². The molecular weight excluding hydrogens is 398 g/mol. The van der Waals surface area contributed by atoms with Crippen molar-refractivity contribution in [3.63, 3.8) is 0 Å². The first kappa shape index (κ1) is 24.3. The van der Waals surface area contributed by atoms with Gasteiger partial charge in [-0.1, -0.05) is 19.9 Å². The van der Waals surface area contributed by atoms with Crippen LogP contribution >= 0.6 is 0 Å². The van der Waals surface area contributed by atoms with Gasteiger partial charge in [0.15, 0.2) is 11.5 Å². The van der Waals surface area contributed by atoms with Crippen molar-refractivity contribution < 1.29 is 27.2 Å². The van der Waals surface area contributed by atoms with Crippen LogP contribution in [0, 0.1) is 5.92 Å². The smallest absolute Gasteiger partial charge is 0.261 e. The van der Waals surface area contributed by atoms with E-state index in [1.165, 1.54) is 6.20 Å². The summed E-state index contributed by atoms with van der Waals surface area (Å²) in [6, 6.07) is 8.91. The van der Waals surface area contributed by atoms with Crippen LogP contribution in [-0.4, -0.2) is 43.8 Å². The van der Waals surface area contributed by atoms with Crippen molar-refractivity contribution in [1.29, 1.82) is 0 Å². The lowest BCUT2D eigenvalue weighted by Gasteiger charge is -2.12. The van der Waals surface area contributed by atoms with Crippen LogP contribution in [0.4, 0.5) is 0 Å². The Balaban J connectivity index is 0.000000749. The predicted octanol–water partition coefficient (Wildman–Crippen LogP) is 2.23. The van der Waals surface area contributed by atoms with Crippen molar-refractivity contribution >= 4 is 16.0 Å². The molecule has 0 aliphatic carbocycles. The number of primary amides is 1. The second-order valence-corrected chi connectivity index (χ2v) is 8.06. The van der Waals surface area contributed by atoms with E-state index in [-0.39, 0.29) is 0 Å². The van der Waals surface area contributed by atoms with Gasteiger partial charge in [0.25, 0.3) is 10.1 Å². The molecule has 0 saturated heterocycles. The van der Waals surface area contributed by atoms with E-state index in [0.717, 1.165) is 18.7 Å². The van der Waals surface area contributed by atoms with Crippen LogP contribution in [0.1, 0.15) is 29.8 Å². The first-order valence-corrected chi connectivity index (χ1v) is 10.6. The van der Waals surface area contributed by atoms with Crippen LogP contribution in [0.5, 0.6) is 17.4 Å². The lowest BCUT2D eigenvalue weighted by molar-refractivity contribution is 0.1000. The van der Waals surface area contributed by atoms with Gasteiger partial charge in [0.2, 0.25) is 11.8 Å². The molecule has 29 heavy (non-hydrogen) atoms. The number of nitrogens with zero attached hydrogens (tertiary/aromatic N) is 1. The third-order valence-corrected chi connectivity index (χ3v) is 3.35. The molecule has 0 unspecified atom stereocenters. The number of aromatic nitrogens is 1. The molecule has 0 fully saturated rings. The molecule has 4 N–H and O–H groups in total. The van der Waals surface area contributed by atoms with Crippen LogP contribution in [0.25, 0.3) is 0 Å². The topological polar surface area (TPSA) is 141 Å². The van der Waals surface area contributed by atoms with Gasteiger partial charge >= 0.3 is 0 Å². The third-order valence-electron chi connectivity index (χ3n) is 3.35. The van der Waals surface area contributed by atoms with Crippen LogP contribution in [0.15, 0.2) is 36.5 Å². The number of pyridine rings is 1. The molecule has 1 aromatic carbocycles. The average molecular weight is 426 g/mol. The number of hydrogen-bond acceptors (Lipinski definition) is 7. The number of methoxy groups -OCH3 is 1. The van der Waals surface area contributed by atoms with Gasteiger partial charge in [-0.3, -0.25) is 9.35 Å². The highest BCUT2D eigenvalue weighted by Crippen LogP contribution is 2.31. The molecule has 2 rings (SSSR count). The van der Waals surface area contributed by atoms with E-state index >= 15 is 0 Å². The van der Waals surface area contributed by atoms with Crippen LogP contribution in [0.2, 0.25) is 0 Å².